The number of aromatic nitrogens is 1. The van der Waals surface area contributed by atoms with Crippen LogP contribution in [0, 0.1) is 11.6 Å². The molecule has 2 aromatic carbocycles. The average Bonchev–Trinajstić information content (AvgIpc) is 3.33. The fourth-order valence-corrected chi connectivity index (χ4v) is 6.00. The van der Waals surface area contributed by atoms with Gasteiger partial charge in [-0.25, -0.2) is 12.8 Å². The SMILES string of the molecule is O=C(O)CCc1cn(S(=O)(=O)c2ccc(-c3ccc(F)cc3)s2)c2ccc(F)cc12. The molecule has 0 saturated carbocycles. The first-order chi connectivity index (χ1) is 14.3. The fraction of sp³-hybridized carbons (Fsp3) is 0.0952. The Morgan fingerprint density at radius 3 is 2.40 bits per heavy atom. The van der Waals surface area contributed by atoms with Crippen molar-refractivity contribution < 1.29 is 27.1 Å². The van der Waals surface area contributed by atoms with Crippen LogP contribution in [-0.4, -0.2) is 23.5 Å². The summed E-state index contributed by atoms with van der Waals surface area (Å²) in [5.74, 6) is -1.95. The van der Waals surface area contributed by atoms with Crippen molar-refractivity contribution in [1.82, 2.24) is 3.97 Å². The molecule has 0 aliphatic carbocycles. The number of thiophene rings is 1. The number of carboxylic acids is 1. The molecule has 154 valence electrons. The summed E-state index contributed by atoms with van der Waals surface area (Å²) in [4.78, 5) is 11.6. The summed E-state index contributed by atoms with van der Waals surface area (Å²) in [5, 5.41) is 9.31. The van der Waals surface area contributed by atoms with E-state index < -0.39 is 21.8 Å². The third-order valence-corrected chi connectivity index (χ3v) is 7.92. The maximum absolute atomic E-state index is 13.8. The van der Waals surface area contributed by atoms with Crippen molar-refractivity contribution in [2.45, 2.75) is 17.1 Å². The Hall–Kier alpha value is -3.04. The van der Waals surface area contributed by atoms with E-state index in [0.29, 0.717) is 21.4 Å². The number of aryl methyl sites for hydroxylation is 1. The highest BCUT2D eigenvalue weighted by molar-refractivity contribution is 7.92. The van der Waals surface area contributed by atoms with Gasteiger partial charge < -0.3 is 5.11 Å². The topological polar surface area (TPSA) is 76.4 Å². The maximum atomic E-state index is 13.8. The molecule has 9 heteroatoms. The minimum atomic E-state index is -4.00. The Morgan fingerprint density at radius 2 is 1.70 bits per heavy atom. The quantitative estimate of drug-likeness (QED) is 0.456. The Bertz CT molecular complexity index is 1360. The highest BCUT2D eigenvalue weighted by Crippen LogP contribution is 2.34. The lowest BCUT2D eigenvalue weighted by Crippen LogP contribution is -2.10. The van der Waals surface area contributed by atoms with E-state index in [0.717, 1.165) is 21.4 Å². The van der Waals surface area contributed by atoms with Crippen LogP contribution in [-0.2, 0) is 21.2 Å². The first-order valence-corrected chi connectivity index (χ1v) is 11.1. The molecule has 1 N–H and O–H groups in total. The Balaban J connectivity index is 1.79. The van der Waals surface area contributed by atoms with Gasteiger partial charge in [0.25, 0.3) is 10.0 Å². The van der Waals surface area contributed by atoms with Gasteiger partial charge in [0, 0.05) is 22.9 Å². The molecule has 30 heavy (non-hydrogen) atoms. The third-order valence-electron chi connectivity index (χ3n) is 4.65. The molecule has 0 unspecified atom stereocenters. The molecule has 4 rings (SSSR count). The zero-order chi connectivity index (χ0) is 21.5. The van der Waals surface area contributed by atoms with Gasteiger partial charge in [-0.2, -0.15) is 8.42 Å². The van der Waals surface area contributed by atoms with Crippen molar-refractivity contribution in [1.29, 1.82) is 0 Å². The molecule has 0 aliphatic heterocycles. The molecule has 0 aliphatic rings. The van der Waals surface area contributed by atoms with Gasteiger partial charge in [-0.15, -0.1) is 11.3 Å². The number of halogens is 2. The fourth-order valence-electron chi connectivity index (χ4n) is 3.20. The summed E-state index contributed by atoms with van der Waals surface area (Å²) in [7, 11) is -4.00. The van der Waals surface area contributed by atoms with Crippen molar-refractivity contribution in [3.63, 3.8) is 0 Å². The maximum Gasteiger partial charge on any atom is 0.303 e. The average molecular weight is 447 g/mol. The largest absolute Gasteiger partial charge is 0.481 e. The summed E-state index contributed by atoms with van der Waals surface area (Å²) < 4.78 is 54.6. The summed E-state index contributed by atoms with van der Waals surface area (Å²) >= 11 is 1.03. The first kappa shape index (κ1) is 20.2. The number of aliphatic carboxylic acids is 1. The zero-order valence-electron chi connectivity index (χ0n) is 15.4. The molecule has 0 bridgehead atoms. The van der Waals surface area contributed by atoms with E-state index in [1.54, 1.807) is 18.2 Å². The summed E-state index contributed by atoms with van der Waals surface area (Å²) in [6.07, 6.45) is 1.21. The van der Waals surface area contributed by atoms with E-state index in [9.17, 15) is 22.0 Å². The molecule has 0 saturated heterocycles. The molecule has 4 aromatic rings. The predicted molar refractivity (Wildman–Crippen MR) is 110 cm³/mol. The molecule has 2 aromatic heterocycles. The van der Waals surface area contributed by atoms with Gasteiger partial charge in [0.2, 0.25) is 0 Å². The number of rotatable bonds is 6. The first-order valence-electron chi connectivity index (χ1n) is 8.88. The molecular formula is C21H15F2NO4S2. The number of benzene rings is 2. The molecule has 0 atom stereocenters. The predicted octanol–water partition coefficient (Wildman–Crippen LogP) is 4.90. The zero-order valence-corrected chi connectivity index (χ0v) is 17.0. The highest BCUT2D eigenvalue weighted by Gasteiger charge is 2.24. The monoisotopic (exact) mass is 447 g/mol. The molecule has 5 nitrogen and oxygen atoms in total. The summed E-state index contributed by atoms with van der Waals surface area (Å²) in [5.41, 5.74) is 1.39. The number of carboxylic acid groups (broad SMARTS) is 1. The lowest BCUT2D eigenvalue weighted by atomic mass is 10.1. The lowest BCUT2D eigenvalue weighted by molar-refractivity contribution is -0.136. The van der Waals surface area contributed by atoms with Crippen LogP contribution in [0.15, 0.2) is 65.0 Å². The number of nitrogens with zero attached hydrogens (tertiary/aromatic N) is 1. The van der Waals surface area contributed by atoms with Crippen molar-refractivity contribution >= 4 is 38.2 Å². The lowest BCUT2D eigenvalue weighted by Gasteiger charge is -2.05. The van der Waals surface area contributed by atoms with E-state index in [-0.39, 0.29) is 28.4 Å². The Morgan fingerprint density at radius 1 is 1.00 bits per heavy atom. The summed E-state index contributed by atoms with van der Waals surface area (Å²) in [6, 6.07) is 12.6. The van der Waals surface area contributed by atoms with Gasteiger partial charge in [-0.05, 0) is 60.0 Å². The van der Waals surface area contributed by atoms with E-state index in [1.807, 2.05) is 0 Å². The van der Waals surface area contributed by atoms with Crippen LogP contribution in [0.3, 0.4) is 0 Å². The molecule has 0 radical (unpaired) electrons. The van der Waals surface area contributed by atoms with Crippen LogP contribution in [0.2, 0.25) is 0 Å². The van der Waals surface area contributed by atoms with Gasteiger partial charge in [0.15, 0.2) is 0 Å². The van der Waals surface area contributed by atoms with Crippen molar-refractivity contribution in [2.24, 2.45) is 0 Å². The van der Waals surface area contributed by atoms with Gasteiger partial charge >= 0.3 is 5.97 Å². The second kappa shape index (κ2) is 7.66. The van der Waals surface area contributed by atoms with Crippen LogP contribution < -0.4 is 0 Å². The van der Waals surface area contributed by atoms with Crippen LogP contribution in [0.25, 0.3) is 21.3 Å². The Kier molecular flexibility index (Phi) is 5.17. The molecular weight excluding hydrogens is 432 g/mol. The van der Waals surface area contributed by atoms with Crippen LogP contribution in [0.4, 0.5) is 8.78 Å². The third kappa shape index (κ3) is 3.73. The van der Waals surface area contributed by atoms with Crippen LogP contribution in [0.5, 0.6) is 0 Å². The number of hydrogen-bond acceptors (Lipinski definition) is 4. The highest BCUT2D eigenvalue weighted by atomic mass is 32.2. The second-order valence-electron chi connectivity index (χ2n) is 6.64. The minimum Gasteiger partial charge on any atom is -0.481 e. The van der Waals surface area contributed by atoms with Crippen molar-refractivity contribution in [3.05, 3.63) is 78.0 Å². The summed E-state index contributed by atoms with van der Waals surface area (Å²) in [6.45, 7) is 0. The van der Waals surface area contributed by atoms with E-state index in [1.165, 1.54) is 36.5 Å². The molecule has 0 amide bonds. The van der Waals surface area contributed by atoms with Gasteiger partial charge in [-0.3, -0.25) is 4.79 Å². The van der Waals surface area contributed by atoms with Gasteiger partial charge in [0.1, 0.15) is 15.8 Å². The van der Waals surface area contributed by atoms with Crippen LogP contribution >= 0.6 is 11.3 Å². The number of fused-ring (bicyclic) bond motifs is 1. The molecule has 0 fully saturated rings. The van der Waals surface area contributed by atoms with E-state index in [4.69, 9.17) is 5.11 Å². The Labute approximate surface area is 174 Å². The molecule has 2 heterocycles. The van der Waals surface area contributed by atoms with Crippen molar-refractivity contribution in [2.75, 3.05) is 0 Å². The van der Waals surface area contributed by atoms with E-state index in [2.05, 4.69) is 0 Å². The van der Waals surface area contributed by atoms with E-state index >= 15 is 0 Å². The minimum absolute atomic E-state index is 0.0628. The van der Waals surface area contributed by atoms with Gasteiger partial charge in [0.05, 0.1) is 5.52 Å². The molecule has 0 spiro atoms. The smallest absolute Gasteiger partial charge is 0.303 e. The normalized spacial score (nSPS) is 11.8. The van der Waals surface area contributed by atoms with Gasteiger partial charge in [-0.1, -0.05) is 12.1 Å². The standard InChI is InChI=1S/C21H15F2NO4S2/c22-15-4-1-13(2-5-15)19-8-10-21(29-19)30(27,28)24-12-14(3-9-20(25)26)17-11-16(23)6-7-18(17)24/h1-2,4-8,10-12H,3,9H2,(H,25,26). The van der Waals surface area contributed by atoms with Crippen molar-refractivity contribution in [3.8, 4) is 10.4 Å². The number of carbonyl (C=O) groups is 1. The number of hydrogen-bond donors (Lipinski definition) is 1. The second-order valence-corrected chi connectivity index (χ2v) is 9.76. The van der Waals surface area contributed by atoms with Crippen LogP contribution in [0.1, 0.15) is 12.0 Å².